The summed E-state index contributed by atoms with van der Waals surface area (Å²) >= 11 is 0. The zero-order chi connectivity index (χ0) is 33.2. The van der Waals surface area contributed by atoms with E-state index in [1.54, 1.807) is 0 Å². The van der Waals surface area contributed by atoms with E-state index in [0.29, 0.717) is 12.6 Å². The molecule has 0 aliphatic carbocycles. The molecule has 2 atom stereocenters. The summed E-state index contributed by atoms with van der Waals surface area (Å²) < 4.78 is 23.0. The van der Waals surface area contributed by atoms with Crippen LogP contribution in [0.25, 0.3) is 11.1 Å². The van der Waals surface area contributed by atoms with Gasteiger partial charge in [-0.15, -0.1) is 0 Å². The third-order valence-corrected chi connectivity index (χ3v) is 7.54. The number of carbonyl (C=O) groups is 5. The number of rotatable bonds is 24. The van der Waals surface area contributed by atoms with Crippen molar-refractivity contribution in [2.24, 2.45) is 0 Å². The number of aldehydes is 2. The van der Waals surface area contributed by atoms with E-state index in [1.807, 2.05) is 54.6 Å². The fraction of sp³-hybridized carbons (Fsp3) is 0.414. The Bertz CT molecular complexity index is 1270. The summed E-state index contributed by atoms with van der Waals surface area (Å²) in [4.78, 5) is 70.5. The molecule has 0 fully saturated rings. The van der Waals surface area contributed by atoms with Gasteiger partial charge in [-0.2, -0.15) is 0 Å². The molecule has 45 heavy (non-hydrogen) atoms. The SMILES string of the molecule is O=CCN(CC=O)CCN(CC(=O)O)CC(COP(=O)(O)OCCc1ccc(-c2ccccc2)cc1)N(CC(=O)O)CC(=O)O. The predicted molar refractivity (Wildman–Crippen MR) is 161 cm³/mol. The lowest BCUT2D eigenvalue weighted by Crippen LogP contribution is -2.52. The zero-order valence-corrected chi connectivity index (χ0v) is 25.4. The molecule has 16 heteroatoms. The van der Waals surface area contributed by atoms with Crippen LogP contribution >= 0.6 is 7.82 Å². The minimum atomic E-state index is -4.71. The molecule has 0 aliphatic heterocycles. The maximum atomic E-state index is 12.7. The number of aliphatic carboxylic acids is 3. The van der Waals surface area contributed by atoms with Crippen molar-refractivity contribution in [3.63, 3.8) is 0 Å². The van der Waals surface area contributed by atoms with E-state index in [4.69, 9.17) is 9.05 Å². The molecule has 4 N–H and O–H groups in total. The molecule has 0 radical (unpaired) electrons. The Morgan fingerprint density at radius 1 is 0.756 bits per heavy atom. The van der Waals surface area contributed by atoms with Crippen LogP contribution in [0.4, 0.5) is 0 Å². The van der Waals surface area contributed by atoms with Gasteiger partial charge < -0.3 is 29.8 Å². The molecule has 2 unspecified atom stereocenters. The van der Waals surface area contributed by atoms with Crippen molar-refractivity contribution >= 4 is 38.3 Å². The molecule has 2 aromatic rings. The Morgan fingerprint density at radius 3 is 1.82 bits per heavy atom. The van der Waals surface area contributed by atoms with E-state index in [2.05, 4.69) is 0 Å². The van der Waals surface area contributed by atoms with Crippen LogP contribution in [-0.2, 0) is 44.0 Å². The summed E-state index contributed by atoms with van der Waals surface area (Å²) in [6.07, 6.45) is 1.41. The zero-order valence-electron chi connectivity index (χ0n) is 24.6. The molecule has 246 valence electrons. The molecule has 0 heterocycles. The number of benzene rings is 2. The number of phosphoric acid groups is 1. The molecular formula is C29H38N3O12P. The average Bonchev–Trinajstić information content (AvgIpc) is 2.97. The van der Waals surface area contributed by atoms with Crippen LogP contribution in [0, 0.1) is 0 Å². The normalized spacial score (nSPS) is 13.4. The number of carboxylic acids is 3. The van der Waals surface area contributed by atoms with Crippen molar-refractivity contribution in [2.45, 2.75) is 12.5 Å². The Hall–Kier alpha value is -3.82. The Morgan fingerprint density at radius 2 is 1.29 bits per heavy atom. The van der Waals surface area contributed by atoms with E-state index in [0.717, 1.165) is 21.6 Å². The van der Waals surface area contributed by atoms with Crippen LogP contribution in [0.5, 0.6) is 0 Å². The molecule has 0 spiro atoms. The number of carbonyl (C=O) groups excluding carboxylic acids is 2. The number of nitrogens with zero attached hydrogens (tertiary/aromatic N) is 3. The van der Waals surface area contributed by atoms with Crippen molar-refractivity contribution in [3.05, 3.63) is 60.2 Å². The van der Waals surface area contributed by atoms with Gasteiger partial charge in [0.2, 0.25) is 0 Å². The molecule has 15 nitrogen and oxygen atoms in total. The minimum absolute atomic E-state index is 0.0190. The van der Waals surface area contributed by atoms with Crippen LogP contribution in [0.2, 0.25) is 0 Å². The molecule has 0 aliphatic rings. The first-order valence-electron chi connectivity index (χ1n) is 13.9. The third-order valence-electron chi connectivity index (χ3n) is 6.56. The summed E-state index contributed by atoms with van der Waals surface area (Å²) in [5.74, 6) is -4.05. The quantitative estimate of drug-likeness (QED) is 0.0920. The largest absolute Gasteiger partial charge is 0.480 e. The summed E-state index contributed by atoms with van der Waals surface area (Å²) in [5.41, 5.74) is 2.85. The molecule has 0 saturated carbocycles. The fourth-order valence-electron chi connectivity index (χ4n) is 4.40. The molecule has 0 bridgehead atoms. The second-order valence-corrected chi connectivity index (χ2v) is 11.4. The van der Waals surface area contributed by atoms with E-state index in [9.17, 15) is 48.8 Å². The number of hydrogen-bond donors (Lipinski definition) is 4. The Labute approximate surface area is 260 Å². The number of carboxylic acid groups (broad SMARTS) is 3. The van der Waals surface area contributed by atoms with Crippen molar-refractivity contribution in [1.29, 1.82) is 0 Å². The lowest BCUT2D eigenvalue weighted by molar-refractivity contribution is -0.144. The molecule has 0 amide bonds. The summed E-state index contributed by atoms with van der Waals surface area (Å²) in [5, 5.41) is 28.2. The summed E-state index contributed by atoms with van der Waals surface area (Å²) in [6, 6.07) is 16.0. The van der Waals surface area contributed by atoms with Gasteiger partial charge in [0.1, 0.15) is 12.6 Å². The van der Waals surface area contributed by atoms with E-state index in [1.165, 1.54) is 9.80 Å². The highest BCUT2D eigenvalue weighted by Gasteiger charge is 2.30. The standard InChI is InChI=1S/C29H38N3O12P/c33-15-13-30(14-16-34)11-12-31(19-27(35)36)18-26(32(20-28(37)38)21-29(39)40)22-44-45(41,42)43-17-10-23-6-8-25(9-7-23)24-4-2-1-3-5-24/h1-9,15-16,26H,10-14,17-22H2,(H,35,36)(H,37,38)(H,39,40)(H,41,42). The van der Waals surface area contributed by atoms with Gasteiger partial charge in [-0.25, -0.2) is 4.57 Å². The van der Waals surface area contributed by atoms with Crippen LogP contribution in [-0.4, -0.2) is 137 Å². The number of hydrogen-bond acceptors (Lipinski definition) is 11. The highest BCUT2D eigenvalue weighted by Crippen LogP contribution is 2.43. The Kier molecular flexibility index (Phi) is 16.2. The predicted octanol–water partition coefficient (Wildman–Crippen LogP) is 0.956. The van der Waals surface area contributed by atoms with Gasteiger partial charge in [0.15, 0.2) is 0 Å². The van der Waals surface area contributed by atoms with Gasteiger partial charge in [0.05, 0.1) is 45.9 Å². The van der Waals surface area contributed by atoms with Gasteiger partial charge in [-0.1, -0.05) is 54.6 Å². The van der Waals surface area contributed by atoms with Gasteiger partial charge in [-0.05, 0) is 23.1 Å². The van der Waals surface area contributed by atoms with Crippen LogP contribution in [0.3, 0.4) is 0 Å². The molecular weight excluding hydrogens is 613 g/mol. The van der Waals surface area contributed by atoms with Gasteiger partial charge in [-0.3, -0.25) is 38.1 Å². The molecule has 2 aromatic carbocycles. The van der Waals surface area contributed by atoms with Gasteiger partial charge >= 0.3 is 25.7 Å². The first kappa shape index (κ1) is 37.4. The lowest BCUT2D eigenvalue weighted by Gasteiger charge is -2.34. The van der Waals surface area contributed by atoms with Crippen LogP contribution < -0.4 is 0 Å². The van der Waals surface area contributed by atoms with Crippen molar-refractivity contribution < 1.29 is 57.8 Å². The Balaban J connectivity index is 2.10. The maximum absolute atomic E-state index is 12.7. The van der Waals surface area contributed by atoms with Crippen LogP contribution in [0.1, 0.15) is 5.56 Å². The maximum Gasteiger partial charge on any atom is 0.472 e. The second kappa shape index (κ2) is 19.5. The van der Waals surface area contributed by atoms with Gasteiger partial charge in [0.25, 0.3) is 0 Å². The van der Waals surface area contributed by atoms with Crippen molar-refractivity contribution in [3.8, 4) is 11.1 Å². The van der Waals surface area contributed by atoms with Gasteiger partial charge in [0, 0.05) is 25.7 Å². The topological polar surface area (TPSA) is 212 Å². The van der Waals surface area contributed by atoms with Crippen molar-refractivity contribution in [2.75, 3.05) is 65.6 Å². The van der Waals surface area contributed by atoms with E-state index < -0.39 is 58.0 Å². The minimum Gasteiger partial charge on any atom is -0.480 e. The smallest absolute Gasteiger partial charge is 0.472 e. The highest BCUT2D eigenvalue weighted by atomic mass is 31.2. The van der Waals surface area contributed by atoms with Crippen molar-refractivity contribution in [1.82, 2.24) is 14.7 Å². The second-order valence-electron chi connectivity index (χ2n) is 9.98. The summed E-state index contributed by atoms with van der Waals surface area (Å²) in [6.45, 7) is -3.48. The van der Waals surface area contributed by atoms with E-state index in [-0.39, 0.29) is 45.8 Å². The lowest BCUT2D eigenvalue weighted by atomic mass is 10.0. The van der Waals surface area contributed by atoms with Crippen LogP contribution in [0.15, 0.2) is 54.6 Å². The highest BCUT2D eigenvalue weighted by molar-refractivity contribution is 7.47. The molecule has 2 rings (SSSR count). The first-order valence-corrected chi connectivity index (χ1v) is 15.4. The number of phosphoric ester groups is 1. The fourth-order valence-corrected chi connectivity index (χ4v) is 5.16. The molecule has 0 saturated heterocycles. The molecule has 0 aromatic heterocycles. The van der Waals surface area contributed by atoms with E-state index >= 15 is 0 Å². The first-order chi connectivity index (χ1) is 21.4. The third kappa shape index (κ3) is 15.1. The average molecular weight is 652 g/mol. The monoisotopic (exact) mass is 651 g/mol. The summed E-state index contributed by atoms with van der Waals surface area (Å²) in [7, 11) is -4.71.